The number of imidazole rings is 1. The fraction of sp³-hybridized carbons (Fsp3) is 0.733. The molecule has 0 spiro atoms. The molecular formula is C15H28N4O. The second-order valence-electron chi connectivity index (χ2n) is 5.47. The van der Waals surface area contributed by atoms with Gasteiger partial charge in [0.2, 0.25) is 5.91 Å². The van der Waals surface area contributed by atoms with E-state index in [1.165, 1.54) is 0 Å². The minimum Gasteiger partial charge on any atom is -0.368 e. The highest BCUT2D eigenvalue weighted by Crippen LogP contribution is 2.14. The average Bonchev–Trinajstić information content (AvgIpc) is 2.83. The second-order valence-corrected chi connectivity index (χ2v) is 5.47. The summed E-state index contributed by atoms with van der Waals surface area (Å²) in [5.74, 6) is 0.880. The Hall–Kier alpha value is -1.36. The predicted octanol–water partition coefficient (Wildman–Crippen LogP) is 1.86. The second kappa shape index (κ2) is 8.04. The molecule has 0 bridgehead atoms. The third-order valence-electron chi connectivity index (χ3n) is 3.71. The van der Waals surface area contributed by atoms with Gasteiger partial charge in [0, 0.05) is 25.4 Å². The first-order valence-electron chi connectivity index (χ1n) is 7.58. The van der Waals surface area contributed by atoms with Crippen LogP contribution >= 0.6 is 0 Å². The molecule has 114 valence electrons. The van der Waals surface area contributed by atoms with Gasteiger partial charge >= 0.3 is 0 Å². The maximum Gasteiger partial charge on any atom is 0.237 e. The zero-order valence-electron chi connectivity index (χ0n) is 13.0. The lowest BCUT2D eigenvalue weighted by Crippen LogP contribution is -2.52. The van der Waals surface area contributed by atoms with Crippen LogP contribution in [0.25, 0.3) is 0 Å². The van der Waals surface area contributed by atoms with Gasteiger partial charge in [0.25, 0.3) is 0 Å². The predicted molar refractivity (Wildman–Crippen MR) is 81.3 cm³/mol. The highest BCUT2D eigenvalue weighted by Gasteiger charge is 2.28. The lowest BCUT2D eigenvalue weighted by atomic mass is 9.94. The number of primary amides is 1. The number of likely N-dealkylation sites (N-methyl/N-ethyl adjacent to an activating group) is 1. The van der Waals surface area contributed by atoms with Crippen LogP contribution in [0.3, 0.4) is 0 Å². The Morgan fingerprint density at radius 2 is 2.20 bits per heavy atom. The summed E-state index contributed by atoms with van der Waals surface area (Å²) >= 11 is 0. The summed E-state index contributed by atoms with van der Waals surface area (Å²) in [7, 11) is 0. The Labute approximate surface area is 122 Å². The van der Waals surface area contributed by atoms with Gasteiger partial charge in [-0.05, 0) is 39.2 Å². The van der Waals surface area contributed by atoms with Crippen molar-refractivity contribution in [2.75, 3.05) is 6.54 Å². The van der Waals surface area contributed by atoms with E-state index in [1.807, 2.05) is 26.2 Å². The summed E-state index contributed by atoms with van der Waals surface area (Å²) in [6.07, 6.45) is 8.78. The molecule has 1 amide bonds. The zero-order chi connectivity index (χ0) is 15.0. The molecule has 20 heavy (non-hydrogen) atoms. The fourth-order valence-corrected chi connectivity index (χ4v) is 2.44. The number of carbonyl (C=O) groups excluding carboxylic acids is 1. The first-order valence-corrected chi connectivity index (χ1v) is 7.58. The Morgan fingerprint density at radius 1 is 1.45 bits per heavy atom. The van der Waals surface area contributed by atoms with Gasteiger partial charge in [-0.2, -0.15) is 0 Å². The molecule has 0 radical (unpaired) electrons. The Kier molecular flexibility index (Phi) is 6.71. The number of unbranched alkanes of at least 4 members (excludes halogenated alkanes) is 1. The van der Waals surface area contributed by atoms with E-state index in [-0.39, 0.29) is 5.91 Å². The van der Waals surface area contributed by atoms with E-state index in [1.54, 1.807) is 0 Å². The van der Waals surface area contributed by atoms with Crippen molar-refractivity contribution in [1.82, 2.24) is 14.9 Å². The van der Waals surface area contributed by atoms with Crippen molar-refractivity contribution in [3.8, 4) is 0 Å². The molecule has 3 N–H and O–H groups in total. The van der Waals surface area contributed by atoms with E-state index in [0.717, 1.165) is 51.0 Å². The maximum absolute atomic E-state index is 11.5. The summed E-state index contributed by atoms with van der Waals surface area (Å²) in [5.41, 5.74) is 4.89. The molecule has 1 atom stereocenters. The summed E-state index contributed by atoms with van der Waals surface area (Å²) in [5, 5.41) is 3.19. The van der Waals surface area contributed by atoms with Crippen molar-refractivity contribution in [1.29, 1.82) is 0 Å². The van der Waals surface area contributed by atoms with Crippen LogP contribution < -0.4 is 11.1 Å². The third-order valence-corrected chi connectivity index (χ3v) is 3.71. The molecule has 0 aromatic carbocycles. The standard InChI is InChI=1S/C15H28N4O/c1-4-8-13-17-10-12-19(13)11-7-6-9-15(3,14(16)20)18-5-2/h10,12,18H,4-9,11H2,1-3H3,(H2,16,20). The highest BCUT2D eigenvalue weighted by atomic mass is 16.1. The van der Waals surface area contributed by atoms with Crippen LogP contribution in [-0.2, 0) is 17.8 Å². The molecule has 1 unspecified atom stereocenters. The van der Waals surface area contributed by atoms with E-state index in [9.17, 15) is 4.79 Å². The van der Waals surface area contributed by atoms with E-state index < -0.39 is 5.54 Å². The molecule has 0 fully saturated rings. The third kappa shape index (κ3) is 4.63. The van der Waals surface area contributed by atoms with E-state index >= 15 is 0 Å². The highest BCUT2D eigenvalue weighted by molar-refractivity contribution is 5.84. The van der Waals surface area contributed by atoms with Crippen LogP contribution in [0.5, 0.6) is 0 Å². The van der Waals surface area contributed by atoms with Gasteiger partial charge in [-0.3, -0.25) is 4.79 Å². The van der Waals surface area contributed by atoms with Crippen molar-refractivity contribution in [3.63, 3.8) is 0 Å². The summed E-state index contributed by atoms with van der Waals surface area (Å²) in [4.78, 5) is 15.9. The van der Waals surface area contributed by atoms with Crippen molar-refractivity contribution < 1.29 is 4.79 Å². The Bertz CT molecular complexity index is 416. The number of nitrogens with two attached hydrogens (primary N) is 1. The first kappa shape index (κ1) is 16.7. The van der Waals surface area contributed by atoms with Gasteiger partial charge in [0.05, 0.1) is 5.54 Å². The Balaban J connectivity index is 2.40. The van der Waals surface area contributed by atoms with Crippen molar-refractivity contribution >= 4 is 5.91 Å². The normalized spacial score (nSPS) is 14.2. The zero-order valence-corrected chi connectivity index (χ0v) is 13.0. The number of aromatic nitrogens is 2. The number of carbonyl (C=O) groups is 1. The van der Waals surface area contributed by atoms with Crippen molar-refractivity contribution in [2.24, 2.45) is 5.73 Å². The summed E-state index contributed by atoms with van der Waals surface area (Å²) in [6.45, 7) is 7.74. The molecule has 0 saturated carbocycles. The monoisotopic (exact) mass is 280 g/mol. The molecule has 0 aliphatic rings. The average molecular weight is 280 g/mol. The molecule has 1 heterocycles. The van der Waals surface area contributed by atoms with Crippen molar-refractivity contribution in [3.05, 3.63) is 18.2 Å². The number of nitrogens with one attached hydrogen (secondary N) is 1. The maximum atomic E-state index is 11.5. The number of rotatable bonds is 10. The molecule has 1 aromatic heterocycles. The Morgan fingerprint density at radius 3 is 2.80 bits per heavy atom. The summed E-state index contributed by atoms with van der Waals surface area (Å²) < 4.78 is 2.21. The van der Waals surface area contributed by atoms with Crippen LogP contribution in [0.15, 0.2) is 12.4 Å². The molecular weight excluding hydrogens is 252 g/mol. The van der Waals surface area contributed by atoms with E-state index in [0.29, 0.717) is 0 Å². The molecule has 5 nitrogen and oxygen atoms in total. The van der Waals surface area contributed by atoms with Crippen LogP contribution in [0.1, 0.15) is 52.3 Å². The molecule has 1 aromatic rings. The lowest BCUT2D eigenvalue weighted by molar-refractivity contribution is -0.124. The molecule has 0 aliphatic carbocycles. The lowest BCUT2D eigenvalue weighted by Gasteiger charge is -2.27. The molecule has 1 rings (SSSR count). The van der Waals surface area contributed by atoms with Crippen LogP contribution in [-0.4, -0.2) is 27.5 Å². The number of nitrogens with zero attached hydrogens (tertiary/aromatic N) is 2. The molecule has 0 aliphatic heterocycles. The van der Waals surface area contributed by atoms with Gasteiger partial charge < -0.3 is 15.6 Å². The number of aryl methyl sites for hydroxylation is 2. The number of hydrogen-bond acceptors (Lipinski definition) is 3. The number of amides is 1. The SMILES string of the molecule is CCCc1nccn1CCCCC(C)(NCC)C(N)=O. The smallest absolute Gasteiger partial charge is 0.237 e. The minimum absolute atomic E-state index is 0.270. The van der Waals surface area contributed by atoms with Gasteiger partial charge in [0.15, 0.2) is 0 Å². The van der Waals surface area contributed by atoms with Crippen LogP contribution in [0, 0.1) is 0 Å². The van der Waals surface area contributed by atoms with E-state index in [4.69, 9.17) is 5.73 Å². The largest absolute Gasteiger partial charge is 0.368 e. The first-order chi connectivity index (χ1) is 9.53. The molecule has 5 heteroatoms. The topological polar surface area (TPSA) is 72.9 Å². The fourth-order valence-electron chi connectivity index (χ4n) is 2.44. The molecule has 0 saturated heterocycles. The number of hydrogen-bond donors (Lipinski definition) is 2. The quantitative estimate of drug-likeness (QED) is 0.643. The van der Waals surface area contributed by atoms with Gasteiger partial charge in [-0.25, -0.2) is 4.98 Å². The van der Waals surface area contributed by atoms with Crippen LogP contribution in [0.2, 0.25) is 0 Å². The minimum atomic E-state index is -0.587. The van der Waals surface area contributed by atoms with Gasteiger partial charge in [-0.15, -0.1) is 0 Å². The van der Waals surface area contributed by atoms with Crippen molar-refractivity contribution in [2.45, 2.75) is 65.0 Å². The van der Waals surface area contributed by atoms with Gasteiger partial charge in [-0.1, -0.05) is 13.8 Å². The van der Waals surface area contributed by atoms with Gasteiger partial charge in [0.1, 0.15) is 5.82 Å². The summed E-state index contributed by atoms with van der Waals surface area (Å²) in [6, 6.07) is 0. The van der Waals surface area contributed by atoms with E-state index in [2.05, 4.69) is 21.8 Å². The van der Waals surface area contributed by atoms with Crippen LogP contribution in [0.4, 0.5) is 0 Å².